The van der Waals surface area contributed by atoms with Crippen molar-refractivity contribution in [1.29, 1.82) is 0 Å². The van der Waals surface area contributed by atoms with E-state index in [-0.39, 0.29) is 24.2 Å². The highest BCUT2D eigenvalue weighted by molar-refractivity contribution is 5.75. The van der Waals surface area contributed by atoms with Gasteiger partial charge in [0.05, 0.1) is 18.4 Å². The SMILES string of the molecule is CC(c1ccco1)N(C(=O)NC1CCC(O)CC1)C1CC1. The number of nitrogens with one attached hydrogen (secondary N) is 1. The fraction of sp³-hybridized carbons (Fsp3) is 0.688. The van der Waals surface area contributed by atoms with Crippen LogP contribution in [0.5, 0.6) is 0 Å². The number of hydrogen-bond acceptors (Lipinski definition) is 3. The third-order valence-electron chi connectivity index (χ3n) is 4.57. The molecule has 1 aromatic rings. The van der Waals surface area contributed by atoms with E-state index in [9.17, 15) is 9.90 Å². The standard InChI is InChI=1S/C16H24N2O3/c1-11(15-3-2-10-21-15)18(13-6-7-13)16(20)17-12-4-8-14(19)9-5-12/h2-3,10-14,19H,4-9H2,1H3,(H,17,20). The Balaban J connectivity index is 1.62. The van der Waals surface area contributed by atoms with Crippen molar-refractivity contribution in [2.75, 3.05) is 0 Å². The average Bonchev–Trinajstić information content (AvgIpc) is 3.14. The van der Waals surface area contributed by atoms with E-state index in [0.717, 1.165) is 44.3 Å². The Hall–Kier alpha value is -1.49. The summed E-state index contributed by atoms with van der Waals surface area (Å²) >= 11 is 0. The molecule has 0 aromatic carbocycles. The molecule has 1 atom stereocenters. The van der Waals surface area contributed by atoms with Crippen LogP contribution in [0.2, 0.25) is 0 Å². The van der Waals surface area contributed by atoms with E-state index in [1.165, 1.54) is 0 Å². The van der Waals surface area contributed by atoms with E-state index in [4.69, 9.17) is 4.42 Å². The highest BCUT2D eigenvalue weighted by Crippen LogP contribution is 2.34. The predicted octanol–water partition coefficient (Wildman–Crippen LogP) is 2.82. The minimum absolute atomic E-state index is 0.00258. The van der Waals surface area contributed by atoms with Crippen LogP contribution in [0.15, 0.2) is 22.8 Å². The lowest BCUT2D eigenvalue weighted by Gasteiger charge is -2.32. The first-order valence-electron chi connectivity index (χ1n) is 7.95. The van der Waals surface area contributed by atoms with E-state index < -0.39 is 0 Å². The van der Waals surface area contributed by atoms with Crippen LogP contribution in [-0.4, -0.2) is 34.2 Å². The number of aliphatic hydroxyl groups excluding tert-OH is 1. The molecule has 21 heavy (non-hydrogen) atoms. The van der Waals surface area contributed by atoms with Crippen molar-refractivity contribution in [1.82, 2.24) is 10.2 Å². The molecule has 5 nitrogen and oxygen atoms in total. The smallest absolute Gasteiger partial charge is 0.318 e. The third kappa shape index (κ3) is 3.40. The molecule has 5 heteroatoms. The summed E-state index contributed by atoms with van der Waals surface area (Å²) in [6.07, 6.45) is 6.88. The summed E-state index contributed by atoms with van der Waals surface area (Å²) in [4.78, 5) is 14.5. The number of furan rings is 1. The zero-order valence-electron chi connectivity index (χ0n) is 12.5. The maximum atomic E-state index is 12.6. The summed E-state index contributed by atoms with van der Waals surface area (Å²) in [5.74, 6) is 0.830. The van der Waals surface area contributed by atoms with Gasteiger partial charge in [-0.15, -0.1) is 0 Å². The highest BCUT2D eigenvalue weighted by atomic mass is 16.3. The second kappa shape index (κ2) is 6.10. The van der Waals surface area contributed by atoms with Gasteiger partial charge in [0.25, 0.3) is 0 Å². The second-order valence-corrected chi connectivity index (χ2v) is 6.28. The van der Waals surface area contributed by atoms with E-state index in [2.05, 4.69) is 5.32 Å². The lowest BCUT2D eigenvalue weighted by Crippen LogP contribution is -2.48. The molecule has 1 unspecified atom stereocenters. The molecule has 1 heterocycles. The van der Waals surface area contributed by atoms with Gasteiger partial charge in [-0.1, -0.05) is 0 Å². The van der Waals surface area contributed by atoms with Crippen LogP contribution in [-0.2, 0) is 0 Å². The molecule has 2 saturated carbocycles. The molecule has 116 valence electrons. The minimum atomic E-state index is -0.195. The van der Waals surface area contributed by atoms with Crippen LogP contribution in [0.3, 0.4) is 0 Å². The van der Waals surface area contributed by atoms with Crippen molar-refractivity contribution < 1.29 is 14.3 Å². The largest absolute Gasteiger partial charge is 0.467 e. The number of rotatable bonds is 4. The second-order valence-electron chi connectivity index (χ2n) is 6.28. The number of aliphatic hydroxyl groups is 1. The van der Waals surface area contributed by atoms with E-state index >= 15 is 0 Å². The molecular weight excluding hydrogens is 268 g/mol. The maximum Gasteiger partial charge on any atom is 0.318 e. The molecule has 0 saturated heterocycles. The number of hydrogen-bond donors (Lipinski definition) is 2. The van der Waals surface area contributed by atoms with Crippen molar-refractivity contribution >= 4 is 6.03 Å². The number of nitrogens with zero attached hydrogens (tertiary/aromatic N) is 1. The van der Waals surface area contributed by atoms with E-state index in [1.807, 2.05) is 24.0 Å². The van der Waals surface area contributed by atoms with Gasteiger partial charge < -0.3 is 19.7 Å². The molecule has 2 N–H and O–H groups in total. The van der Waals surface area contributed by atoms with Crippen LogP contribution in [0.1, 0.15) is 57.3 Å². The zero-order valence-corrected chi connectivity index (χ0v) is 12.5. The van der Waals surface area contributed by atoms with Crippen LogP contribution in [0.25, 0.3) is 0 Å². The van der Waals surface area contributed by atoms with Crippen molar-refractivity contribution in [3.05, 3.63) is 24.2 Å². The molecule has 0 spiro atoms. The summed E-state index contributed by atoms with van der Waals surface area (Å²) in [6.45, 7) is 2.02. The Morgan fingerprint density at radius 3 is 2.62 bits per heavy atom. The Kier molecular flexibility index (Phi) is 4.19. The summed E-state index contributed by atoms with van der Waals surface area (Å²) in [5.41, 5.74) is 0. The fourth-order valence-electron chi connectivity index (χ4n) is 3.15. The topological polar surface area (TPSA) is 65.7 Å². The lowest BCUT2D eigenvalue weighted by molar-refractivity contribution is 0.112. The minimum Gasteiger partial charge on any atom is -0.467 e. The maximum absolute atomic E-state index is 12.6. The van der Waals surface area contributed by atoms with Gasteiger partial charge in [0.2, 0.25) is 0 Å². The fourth-order valence-corrected chi connectivity index (χ4v) is 3.15. The first-order chi connectivity index (χ1) is 10.1. The molecule has 0 bridgehead atoms. The van der Waals surface area contributed by atoms with Gasteiger partial charge in [-0.05, 0) is 57.6 Å². The van der Waals surface area contributed by atoms with Gasteiger partial charge in [-0.2, -0.15) is 0 Å². The molecule has 2 aliphatic carbocycles. The van der Waals surface area contributed by atoms with Gasteiger partial charge >= 0.3 is 6.03 Å². The summed E-state index contributed by atoms with van der Waals surface area (Å²) in [5, 5.41) is 12.7. The monoisotopic (exact) mass is 292 g/mol. The number of carbonyl (C=O) groups excluding carboxylic acids is 1. The Labute approximate surface area is 125 Å². The van der Waals surface area contributed by atoms with Crippen LogP contribution < -0.4 is 5.32 Å². The normalized spacial score (nSPS) is 27.1. The number of carbonyl (C=O) groups is 1. The molecule has 1 aromatic heterocycles. The van der Waals surface area contributed by atoms with Crippen molar-refractivity contribution in [3.8, 4) is 0 Å². The number of amides is 2. The van der Waals surface area contributed by atoms with Gasteiger partial charge in [0, 0.05) is 12.1 Å². The van der Waals surface area contributed by atoms with Crippen molar-refractivity contribution in [2.24, 2.45) is 0 Å². The Morgan fingerprint density at radius 2 is 2.05 bits per heavy atom. The van der Waals surface area contributed by atoms with Gasteiger partial charge in [-0.25, -0.2) is 4.79 Å². The van der Waals surface area contributed by atoms with Gasteiger partial charge in [0.1, 0.15) is 5.76 Å². The van der Waals surface area contributed by atoms with Crippen LogP contribution >= 0.6 is 0 Å². The average molecular weight is 292 g/mol. The molecule has 0 radical (unpaired) electrons. The molecule has 2 fully saturated rings. The van der Waals surface area contributed by atoms with Gasteiger partial charge in [-0.3, -0.25) is 0 Å². The predicted molar refractivity (Wildman–Crippen MR) is 78.8 cm³/mol. The molecular formula is C16H24N2O3. The first-order valence-corrected chi connectivity index (χ1v) is 7.95. The molecule has 2 aliphatic rings. The van der Waals surface area contributed by atoms with E-state index in [1.54, 1.807) is 6.26 Å². The molecule has 3 rings (SSSR count). The highest BCUT2D eigenvalue weighted by Gasteiger charge is 2.38. The van der Waals surface area contributed by atoms with Gasteiger partial charge in [0.15, 0.2) is 0 Å². The third-order valence-corrected chi connectivity index (χ3v) is 4.57. The number of urea groups is 1. The van der Waals surface area contributed by atoms with Crippen LogP contribution in [0, 0.1) is 0 Å². The Bertz CT molecular complexity index is 462. The zero-order chi connectivity index (χ0) is 14.8. The summed E-state index contributed by atoms with van der Waals surface area (Å²) < 4.78 is 5.45. The van der Waals surface area contributed by atoms with Crippen molar-refractivity contribution in [3.63, 3.8) is 0 Å². The van der Waals surface area contributed by atoms with Crippen LogP contribution in [0.4, 0.5) is 4.79 Å². The summed E-state index contributed by atoms with van der Waals surface area (Å²) in [6, 6.07) is 4.26. The van der Waals surface area contributed by atoms with E-state index in [0.29, 0.717) is 6.04 Å². The summed E-state index contributed by atoms with van der Waals surface area (Å²) in [7, 11) is 0. The van der Waals surface area contributed by atoms with Crippen molar-refractivity contribution in [2.45, 2.75) is 69.7 Å². The molecule has 0 aliphatic heterocycles. The molecule has 2 amide bonds. The first kappa shape index (κ1) is 14.4. The lowest BCUT2D eigenvalue weighted by atomic mass is 9.93. The quantitative estimate of drug-likeness (QED) is 0.897. The Morgan fingerprint density at radius 1 is 1.33 bits per heavy atom.